The van der Waals surface area contributed by atoms with Gasteiger partial charge in [0, 0.05) is 34.4 Å². The molecule has 0 saturated carbocycles. The molecule has 3 heterocycles. The minimum atomic E-state index is -0.762. The number of pyridine rings is 1. The summed E-state index contributed by atoms with van der Waals surface area (Å²) in [7, 11) is 5.99. The Morgan fingerprint density at radius 2 is 1.63 bits per heavy atom. The second-order valence-corrected chi connectivity index (χ2v) is 6.50. The largest absolute Gasteiger partial charge is 0.362 e. The van der Waals surface area contributed by atoms with Gasteiger partial charge in [-0.05, 0) is 24.6 Å². The average Bonchev–Trinajstić information content (AvgIpc) is 2.63. The molecule has 0 spiro atoms. The van der Waals surface area contributed by atoms with Crippen LogP contribution in [-0.4, -0.2) is 65.2 Å². The zero-order valence-corrected chi connectivity index (χ0v) is 15.7. The van der Waals surface area contributed by atoms with Crippen molar-refractivity contribution in [1.82, 2.24) is 19.2 Å². The van der Waals surface area contributed by atoms with E-state index in [2.05, 4.69) is 4.98 Å². The van der Waals surface area contributed by atoms with Crippen LogP contribution in [0.1, 0.15) is 11.1 Å². The van der Waals surface area contributed by atoms with Crippen LogP contribution in [0.2, 0.25) is 0 Å². The molecule has 3 rings (SSSR count). The fourth-order valence-corrected chi connectivity index (χ4v) is 2.89. The van der Waals surface area contributed by atoms with Crippen molar-refractivity contribution >= 4 is 35.4 Å². The van der Waals surface area contributed by atoms with Gasteiger partial charge in [0.15, 0.2) is 0 Å². The molecule has 1 aliphatic rings. The van der Waals surface area contributed by atoms with Crippen molar-refractivity contribution in [2.45, 2.75) is 6.92 Å². The molecule has 1 aliphatic heterocycles. The molecule has 4 amide bonds. The van der Waals surface area contributed by atoms with E-state index in [0.29, 0.717) is 11.5 Å². The van der Waals surface area contributed by atoms with Gasteiger partial charge in [0.1, 0.15) is 17.0 Å². The summed E-state index contributed by atoms with van der Waals surface area (Å²) in [5.74, 6) is -1.20. The van der Waals surface area contributed by atoms with Crippen LogP contribution in [-0.2, 0) is 9.59 Å². The summed E-state index contributed by atoms with van der Waals surface area (Å²) in [6.07, 6.45) is 2.79. The van der Waals surface area contributed by atoms with Gasteiger partial charge in [-0.1, -0.05) is 6.07 Å². The van der Waals surface area contributed by atoms with Crippen LogP contribution in [0.5, 0.6) is 0 Å². The number of amides is 4. The van der Waals surface area contributed by atoms with E-state index in [4.69, 9.17) is 0 Å². The summed E-state index contributed by atoms with van der Waals surface area (Å²) >= 11 is 0. The van der Waals surface area contributed by atoms with Crippen LogP contribution in [0.25, 0.3) is 11.7 Å². The topological polar surface area (TPSA) is 95.3 Å². The maximum absolute atomic E-state index is 13.1. The van der Waals surface area contributed by atoms with Crippen LogP contribution >= 0.6 is 0 Å². The quantitative estimate of drug-likeness (QED) is 0.565. The van der Waals surface area contributed by atoms with Crippen LogP contribution in [0, 0.1) is 6.92 Å². The Morgan fingerprint density at radius 3 is 2.19 bits per heavy atom. The van der Waals surface area contributed by atoms with E-state index < -0.39 is 23.4 Å². The third-order valence-electron chi connectivity index (χ3n) is 4.42. The zero-order chi connectivity index (χ0) is 20.0. The van der Waals surface area contributed by atoms with Gasteiger partial charge in [-0.2, -0.15) is 0 Å². The number of aromatic nitrogens is 2. The summed E-state index contributed by atoms with van der Waals surface area (Å²) in [6, 6.07) is 2.83. The summed E-state index contributed by atoms with van der Waals surface area (Å²) < 4.78 is 1.37. The van der Waals surface area contributed by atoms with Gasteiger partial charge in [0.05, 0.1) is 5.56 Å². The molecule has 0 aliphatic carbocycles. The Balaban J connectivity index is 2.32. The molecule has 9 heteroatoms. The Kier molecular flexibility index (Phi) is 4.30. The summed E-state index contributed by atoms with van der Waals surface area (Å²) in [5, 5.41) is 0. The maximum atomic E-state index is 13.1. The van der Waals surface area contributed by atoms with E-state index in [1.54, 1.807) is 31.3 Å². The van der Waals surface area contributed by atoms with Crippen molar-refractivity contribution < 1.29 is 14.4 Å². The number of hydrogen-bond donors (Lipinski definition) is 0. The molecule has 1 saturated heterocycles. The maximum Gasteiger partial charge on any atom is 0.333 e. The number of urea groups is 1. The fraction of sp³-hybridized carbons (Fsp3) is 0.278. The SMILES string of the molecule is Cc1cccn2c(=O)c(C=C3C(=O)N(C)C(=O)N(C)C3=O)c(N(C)C)nc12. The predicted octanol–water partition coefficient (Wildman–Crippen LogP) is 0.503. The number of barbiturate groups is 1. The Morgan fingerprint density at radius 1 is 1.04 bits per heavy atom. The molecule has 0 radical (unpaired) electrons. The van der Waals surface area contributed by atoms with Crippen LogP contribution < -0.4 is 10.5 Å². The molecule has 140 valence electrons. The number of likely N-dealkylation sites (N-methyl/N-ethyl adjacent to an activating group) is 2. The molecule has 0 N–H and O–H groups in total. The second-order valence-electron chi connectivity index (χ2n) is 6.50. The van der Waals surface area contributed by atoms with Gasteiger partial charge in [0.2, 0.25) is 0 Å². The summed E-state index contributed by atoms with van der Waals surface area (Å²) in [4.78, 5) is 57.7. The standard InChI is InChI=1S/C18H19N5O4/c1-10-7-6-8-23-13(10)19-14(20(2)3)11(17(23)26)9-12-15(24)21(4)18(27)22(5)16(12)25/h6-9H,1-5H3. The molecule has 2 aromatic heterocycles. The third-order valence-corrected chi connectivity index (χ3v) is 4.42. The molecule has 1 fully saturated rings. The van der Waals surface area contributed by atoms with Gasteiger partial charge < -0.3 is 4.90 Å². The molecule has 27 heavy (non-hydrogen) atoms. The molecule has 0 unspecified atom stereocenters. The lowest BCUT2D eigenvalue weighted by Crippen LogP contribution is -2.53. The van der Waals surface area contributed by atoms with Crippen molar-refractivity contribution in [3.8, 4) is 0 Å². The first kappa shape index (κ1) is 18.3. The number of hydrogen-bond acceptors (Lipinski definition) is 6. The number of rotatable bonds is 2. The highest BCUT2D eigenvalue weighted by Gasteiger charge is 2.38. The van der Waals surface area contributed by atoms with Crippen molar-refractivity contribution in [1.29, 1.82) is 0 Å². The second kappa shape index (κ2) is 6.35. The highest BCUT2D eigenvalue weighted by atomic mass is 16.2. The normalized spacial score (nSPS) is 15.0. The number of fused-ring (bicyclic) bond motifs is 1. The van der Waals surface area contributed by atoms with Crippen molar-refractivity contribution in [2.24, 2.45) is 0 Å². The fourth-order valence-electron chi connectivity index (χ4n) is 2.89. The van der Waals surface area contributed by atoms with E-state index in [-0.39, 0.29) is 11.1 Å². The smallest absolute Gasteiger partial charge is 0.333 e. The highest BCUT2D eigenvalue weighted by molar-refractivity contribution is 6.30. The Bertz CT molecular complexity index is 1060. The number of carbonyl (C=O) groups excluding carboxylic acids is 3. The van der Waals surface area contributed by atoms with E-state index in [1.165, 1.54) is 24.6 Å². The molecular weight excluding hydrogens is 350 g/mol. The highest BCUT2D eigenvalue weighted by Crippen LogP contribution is 2.22. The van der Waals surface area contributed by atoms with Crippen LogP contribution in [0.3, 0.4) is 0 Å². The lowest BCUT2D eigenvalue weighted by molar-refractivity contribution is -0.134. The minimum Gasteiger partial charge on any atom is -0.362 e. The minimum absolute atomic E-state index is 0.0935. The van der Waals surface area contributed by atoms with Crippen molar-refractivity contribution in [2.75, 3.05) is 33.1 Å². The van der Waals surface area contributed by atoms with Crippen molar-refractivity contribution in [3.05, 3.63) is 45.4 Å². The van der Waals surface area contributed by atoms with E-state index in [9.17, 15) is 19.2 Å². The Hall–Kier alpha value is -3.49. The number of nitrogens with zero attached hydrogens (tertiary/aromatic N) is 5. The lowest BCUT2D eigenvalue weighted by Gasteiger charge is -2.29. The first-order chi connectivity index (χ1) is 12.6. The number of aryl methyl sites for hydroxylation is 1. The summed E-state index contributed by atoms with van der Waals surface area (Å²) in [5.41, 5.74) is 0.707. The molecular formula is C18H19N5O4. The predicted molar refractivity (Wildman–Crippen MR) is 99.4 cm³/mol. The van der Waals surface area contributed by atoms with Gasteiger partial charge in [0.25, 0.3) is 17.4 Å². The number of carbonyl (C=O) groups is 3. The van der Waals surface area contributed by atoms with Gasteiger partial charge in [-0.15, -0.1) is 0 Å². The van der Waals surface area contributed by atoms with Crippen LogP contribution in [0.4, 0.5) is 10.6 Å². The monoisotopic (exact) mass is 369 g/mol. The molecule has 2 aromatic rings. The van der Waals surface area contributed by atoms with E-state index >= 15 is 0 Å². The first-order valence-corrected chi connectivity index (χ1v) is 8.16. The average molecular weight is 369 g/mol. The lowest BCUT2D eigenvalue weighted by atomic mass is 10.1. The zero-order valence-electron chi connectivity index (χ0n) is 15.7. The van der Waals surface area contributed by atoms with Gasteiger partial charge in [-0.3, -0.25) is 28.6 Å². The van der Waals surface area contributed by atoms with Crippen LogP contribution in [0.15, 0.2) is 28.7 Å². The van der Waals surface area contributed by atoms with Crippen molar-refractivity contribution in [3.63, 3.8) is 0 Å². The summed E-state index contributed by atoms with van der Waals surface area (Å²) in [6.45, 7) is 1.84. The molecule has 0 atom stereocenters. The Labute approximate surface area is 155 Å². The molecule has 0 aromatic carbocycles. The van der Waals surface area contributed by atoms with Gasteiger partial charge in [-0.25, -0.2) is 9.78 Å². The molecule has 0 bridgehead atoms. The van der Waals surface area contributed by atoms with E-state index in [1.807, 2.05) is 13.0 Å². The molecule has 9 nitrogen and oxygen atoms in total. The number of imide groups is 2. The number of anilines is 1. The van der Waals surface area contributed by atoms with Gasteiger partial charge >= 0.3 is 6.03 Å². The third kappa shape index (κ3) is 2.77. The first-order valence-electron chi connectivity index (χ1n) is 8.16. The van der Waals surface area contributed by atoms with E-state index in [0.717, 1.165) is 15.4 Å².